The second-order valence-electron chi connectivity index (χ2n) is 7.58. The summed E-state index contributed by atoms with van der Waals surface area (Å²) in [5.41, 5.74) is 2.00. The number of carbonyl (C=O) groups is 1. The van der Waals surface area contributed by atoms with Crippen LogP contribution in [0.15, 0.2) is 54.7 Å². The summed E-state index contributed by atoms with van der Waals surface area (Å²) in [5, 5.41) is 10.9. The summed E-state index contributed by atoms with van der Waals surface area (Å²) in [6, 6.07) is 15.4. The van der Waals surface area contributed by atoms with Gasteiger partial charge in [0.1, 0.15) is 0 Å². The number of amides is 1. The first-order valence-corrected chi connectivity index (χ1v) is 9.97. The third kappa shape index (κ3) is 3.68. The molecule has 1 fully saturated rings. The normalized spacial score (nSPS) is 16.7. The van der Waals surface area contributed by atoms with Crippen LogP contribution in [0, 0.1) is 0 Å². The van der Waals surface area contributed by atoms with Crippen LogP contribution in [0.4, 0.5) is 5.69 Å². The Morgan fingerprint density at radius 3 is 2.66 bits per heavy atom. The molecule has 5 rings (SSSR count). The summed E-state index contributed by atoms with van der Waals surface area (Å²) in [4.78, 5) is 12.6. The van der Waals surface area contributed by atoms with E-state index in [1.165, 1.54) is 6.42 Å². The summed E-state index contributed by atoms with van der Waals surface area (Å²) in [5.74, 6) is 0.579. The lowest BCUT2D eigenvalue weighted by Crippen LogP contribution is -2.40. The SMILES string of the molecule is O=C(Nc1ccc2c(c1)OC1(CCCCC1)O2)c1cn(Cc2ccccc2)nn1. The first-order chi connectivity index (χ1) is 14.2. The second kappa shape index (κ2) is 7.24. The van der Waals surface area contributed by atoms with E-state index in [0.29, 0.717) is 18.0 Å². The number of fused-ring (bicyclic) bond motifs is 1. The van der Waals surface area contributed by atoms with E-state index in [-0.39, 0.29) is 11.6 Å². The Hall–Kier alpha value is -3.35. The van der Waals surface area contributed by atoms with E-state index in [1.54, 1.807) is 10.9 Å². The summed E-state index contributed by atoms with van der Waals surface area (Å²) < 4.78 is 13.9. The Bertz CT molecular complexity index is 1030. The van der Waals surface area contributed by atoms with Gasteiger partial charge in [0.05, 0.1) is 12.7 Å². The maximum absolute atomic E-state index is 12.6. The van der Waals surface area contributed by atoms with E-state index in [1.807, 2.05) is 48.5 Å². The maximum atomic E-state index is 12.6. The number of carbonyl (C=O) groups excluding carboxylic acids is 1. The quantitative estimate of drug-likeness (QED) is 0.728. The lowest BCUT2D eigenvalue weighted by molar-refractivity contribution is -0.105. The first kappa shape index (κ1) is 17.7. The standard InChI is InChI=1S/C22H22N4O3/c27-21(18-15-26(25-24-18)14-16-7-3-1-4-8-16)23-17-9-10-19-20(13-17)29-22(28-19)11-5-2-6-12-22/h1,3-4,7-10,13,15H,2,5-6,11-12,14H2,(H,23,27). The summed E-state index contributed by atoms with van der Waals surface area (Å²) in [6.45, 7) is 0.563. The van der Waals surface area contributed by atoms with Crippen LogP contribution in [0.5, 0.6) is 11.5 Å². The molecule has 2 heterocycles. The van der Waals surface area contributed by atoms with E-state index >= 15 is 0 Å². The van der Waals surface area contributed by atoms with Gasteiger partial charge in [-0.05, 0) is 30.5 Å². The summed E-state index contributed by atoms with van der Waals surface area (Å²) in [7, 11) is 0. The van der Waals surface area contributed by atoms with Crippen molar-refractivity contribution in [1.82, 2.24) is 15.0 Å². The monoisotopic (exact) mass is 390 g/mol. The molecule has 29 heavy (non-hydrogen) atoms. The number of aromatic nitrogens is 3. The number of ether oxygens (including phenoxy) is 2. The van der Waals surface area contributed by atoms with Crippen molar-refractivity contribution in [2.24, 2.45) is 0 Å². The minimum Gasteiger partial charge on any atom is -0.448 e. The van der Waals surface area contributed by atoms with Gasteiger partial charge in [-0.1, -0.05) is 42.0 Å². The van der Waals surface area contributed by atoms with Crippen LogP contribution in [0.25, 0.3) is 0 Å². The van der Waals surface area contributed by atoms with Gasteiger partial charge in [-0.25, -0.2) is 4.68 Å². The van der Waals surface area contributed by atoms with Crippen molar-refractivity contribution >= 4 is 11.6 Å². The van der Waals surface area contributed by atoms with Gasteiger partial charge >= 0.3 is 0 Å². The zero-order valence-corrected chi connectivity index (χ0v) is 16.0. The molecule has 1 aliphatic carbocycles. The van der Waals surface area contributed by atoms with E-state index in [9.17, 15) is 4.79 Å². The molecule has 1 saturated carbocycles. The van der Waals surface area contributed by atoms with Crippen molar-refractivity contribution in [3.05, 3.63) is 66.0 Å². The van der Waals surface area contributed by atoms with Crippen LogP contribution in [0.3, 0.4) is 0 Å². The lowest BCUT2D eigenvalue weighted by Gasteiger charge is -2.31. The Morgan fingerprint density at radius 2 is 1.83 bits per heavy atom. The molecule has 0 unspecified atom stereocenters. The van der Waals surface area contributed by atoms with E-state index in [4.69, 9.17) is 9.47 Å². The van der Waals surface area contributed by atoms with E-state index in [0.717, 1.165) is 37.0 Å². The van der Waals surface area contributed by atoms with Crippen molar-refractivity contribution in [2.45, 2.75) is 44.4 Å². The lowest BCUT2D eigenvalue weighted by atomic mass is 9.94. The highest BCUT2D eigenvalue weighted by Gasteiger charge is 2.42. The minimum absolute atomic E-state index is 0.266. The molecule has 1 spiro atoms. The van der Waals surface area contributed by atoms with Crippen LogP contribution in [-0.2, 0) is 6.54 Å². The van der Waals surface area contributed by atoms with Crippen molar-refractivity contribution in [2.75, 3.05) is 5.32 Å². The zero-order chi connectivity index (χ0) is 19.7. The van der Waals surface area contributed by atoms with E-state index in [2.05, 4.69) is 15.6 Å². The van der Waals surface area contributed by atoms with Crippen molar-refractivity contribution < 1.29 is 14.3 Å². The molecule has 2 aromatic carbocycles. The smallest absolute Gasteiger partial charge is 0.277 e. The van der Waals surface area contributed by atoms with Crippen LogP contribution in [0.1, 0.15) is 48.2 Å². The van der Waals surface area contributed by atoms with Crippen LogP contribution >= 0.6 is 0 Å². The van der Waals surface area contributed by atoms with Crippen molar-refractivity contribution in [1.29, 1.82) is 0 Å². The maximum Gasteiger partial charge on any atom is 0.277 e. The van der Waals surface area contributed by atoms with Gasteiger partial charge in [0.25, 0.3) is 11.7 Å². The number of benzene rings is 2. The summed E-state index contributed by atoms with van der Waals surface area (Å²) >= 11 is 0. The average molecular weight is 390 g/mol. The predicted octanol–water partition coefficient (Wildman–Crippen LogP) is 4.01. The Morgan fingerprint density at radius 1 is 1.03 bits per heavy atom. The number of hydrogen-bond donors (Lipinski definition) is 1. The molecule has 0 bridgehead atoms. The first-order valence-electron chi connectivity index (χ1n) is 9.97. The topological polar surface area (TPSA) is 78.3 Å². The Balaban J connectivity index is 1.26. The molecule has 2 aliphatic rings. The highest BCUT2D eigenvalue weighted by Crippen LogP contribution is 2.46. The molecule has 1 amide bonds. The predicted molar refractivity (Wildman–Crippen MR) is 107 cm³/mol. The number of rotatable bonds is 4. The average Bonchev–Trinajstić information content (AvgIpc) is 3.33. The molecule has 3 aromatic rings. The molecule has 0 atom stereocenters. The van der Waals surface area contributed by atoms with Crippen molar-refractivity contribution in [3.8, 4) is 11.5 Å². The number of nitrogens with one attached hydrogen (secondary N) is 1. The van der Waals surface area contributed by atoms with Gasteiger partial charge in [0, 0.05) is 24.6 Å². The fraction of sp³-hybridized carbons (Fsp3) is 0.318. The minimum atomic E-state index is -0.524. The van der Waals surface area contributed by atoms with Gasteiger partial charge in [-0.2, -0.15) is 0 Å². The van der Waals surface area contributed by atoms with Crippen LogP contribution in [0.2, 0.25) is 0 Å². The van der Waals surface area contributed by atoms with E-state index < -0.39 is 5.79 Å². The van der Waals surface area contributed by atoms with Crippen molar-refractivity contribution in [3.63, 3.8) is 0 Å². The molecule has 148 valence electrons. The van der Waals surface area contributed by atoms with Gasteiger partial charge in [-0.3, -0.25) is 4.79 Å². The number of nitrogens with zero attached hydrogens (tertiary/aromatic N) is 3. The second-order valence-corrected chi connectivity index (χ2v) is 7.58. The fourth-order valence-corrected chi connectivity index (χ4v) is 3.91. The number of hydrogen-bond acceptors (Lipinski definition) is 5. The molecule has 1 aromatic heterocycles. The molecule has 1 N–H and O–H groups in total. The van der Waals surface area contributed by atoms with Crippen LogP contribution in [-0.4, -0.2) is 26.7 Å². The molecular weight excluding hydrogens is 368 g/mol. The van der Waals surface area contributed by atoms with Gasteiger partial charge in [0.2, 0.25) is 0 Å². The Labute approximate surface area is 168 Å². The molecule has 7 nitrogen and oxygen atoms in total. The highest BCUT2D eigenvalue weighted by molar-refractivity contribution is 6.02. The Kier molecular flexibility index (Phi) is 4.42. The van der Waals surface area contributed by atoms with Gasteiger partial charge in [0.15, 0.2) is 17.2 Å². The number of anilines is 1. The molecular formula is C22H22N4O3. The summed E-state index contributed by atoms with van der Waals surface area (Å²) in [6.07, 6.45) is 6.87. The molecule has 7 heteroatoms. The highest BCUT2D eigenvalue weighted by atomic mass is 16.7. The van der Waals surface area contributed by atoms with Gasteiger partial charge in [-0.15, -0.1) is 5.10 Å². The molecule has 0 saturated heterocycles. The molecule has 1 aliphatic heterocycles. The zero-order valence-electron chi connectivity index (χ0n) is 16.0. The molecule has 0 radical (unpaired) electrons. The third-order valence-electron chi connectivity index (χ3n) is 5.37. The van der Waals surface area contributed by atoms with Gasteiger partial charge < -0.3 is 14.8 Å². The largest absolute Gasteiger partial charge is 0.448 e. The van der Waals surface area contributed by atoms with Crippen LogP contribution < -0.4 is 14.8 Å². The fourth-order valence-electron chi connectivity index (χ4n) is 3.91. The third-order valence-corrected chi connectivity index (χ3v) is 5.37.